The van der Waals surface area contributed by atoms with Gasteiger partial charge in [-0.15, -0.1) is 0 Å². The Morgan fingerprint density at radius 3 is 2.38 bits per heavy atom. The summed E-state index contributed by atoms with van der Waals surface area (Å²) in [6.45, 7) is 8.70. The van der Waals surface area contributed by atoms with Crippen LogP contribution in [0.1, 0.15) is 34.7 Å². The predicted molar refractivity (Wildman–Crippen MR) is 71.7 cm³/mol. The van der Waals surface area contributed by atoms with Crippen LogP contribution in [-0.4, -0.2) is 18.0 Å². The Morgan fingerprint density at radius 2 is 1.75 bits per heavy atom. The Morgan fingerprint density at radius 1 is 1.19 bits per heavy atom. The number of anilines is 1. The molecule has 0 saturated carbocycles. The number of nitrogens with zero attached hydrogens (tertiary/aromatic N) is 1. The van der Waals surface area contributed by atoms with Crippen LogP contribution in [-0.2, 0) is 6.54 Å². The van der Waals surface area contributed by atoms with Crippen LogP contribution in [0.5, 0.6) is 0 Å². The first-order chi connectivity index (χ1) is 7.77. The number of hydrogen-bond donors (Lipinski definition) is 1. The average Bonchev–Trinajstić information content (AvgIpc) is 2.36. The monoisotopic (exact) mass is 224 g/mol. The molecule has 92 valence electrons. The summed E-state index contributed by atoms with van der Waals surface area (Å²) in [5.41, 5.74) is 2.10. The highest BCUT2D eigenvalue weighted by Gasteiger charge is 2.17. The molecule has 0 unspecified atom stereocenters. The van der Waals surface area contributed by atoms with E-state index in [9.17, 15) is 4.79 Å². The molecule has 1 aromatic carbocycles. The Kier molecular flexibility index (Phi) is 7.01. The molecule has 0 aromatic heterocycles. The molecule has 0 spiro atoms. The molecule has 3 nitrogen and oxygen atoms in total. The first-order valence-corrected chi connectivity index (χ1v) is 5.87. The number of fused-ring (bicyclic) bond motifs is 1. The van der Waals surface area contributed by atoms with E-state index in [1.807, 2.05) is 52.0 Å². The van der Waals surface area contributed by atoms with Crippen LogP contribution in [0.3, 0.4) is 0 Å². The third kappa shape index (κ3) is 3.57. The van der Waals surface area contributed by atoms with Crippen LogP contribution in [0.2, 0.25) is 0 Å². The maximum atomic E-state index is 11.2. The van der Waals surface area contributed by atoms with Crippen LogP contribution in [0.4, 0.5) is 10.5 Å². The van der Waals surface area contributed by atoms with E-state index in [0.717, 1.165) is 5.69 Å². The van der Waals surface area contributed by atoms with Crippen molar-refractivity contribution in [3.63, 3.8) is 0 Å². The third-order valence-corrected chi connectivity index (χ3v) is 2.01. The van der Waals surface area contributed by atoms with Gasteiger partial charge in [0.25, 0.3) is 0 Å². The van der Waals surface area contributed by atoms with Crippen LogP contribution in [0.15, 0.2) is 24.3 Å². The van der Waals surface area contributed by atoms with Gasteiger partial charge in [0.15, 0.2) is 0 Å². The summed E-state index contributed by atoms with van der Waals surface area (Å²) in [5.74, 6) is 0. The van der Waals surface area contributed by atoms with Crippen molar-refractivity contribution in [1.29, 1.82) is 0 Å². The highest BCUT2D eigenvalue weighted by molar-refractivity contribution is 5.91. The van der Waals surface area contributed by atoms with Crippen LogP contribution >= 0.6 is 0 Å². The van der Waals surface area contributed by atoms with E-state index in [-0.39, 0.29) is 7.46 Å². The maximum absolute atomic E-state index is 11.2. The molecular weight excluding hydrogens is 200 g/mol. The second kappa shape index (κ2) is 7.74. The Labute approximate surface area is 99.9 Å². The molecule has 1 N–H and O–H groups in total. The van der Waals surface area contributed by atoms with Gasteiger partial charge in [-0.25, -0.2) is 4.79 Å². The van der Waals surface area contributed by atoms with Gasteiger partial charge in [-0.05, 0) is 11.6 Å². The zero-order valence-electron chi connectivity index (χ0n) is 10.9. The van der Waals surface area contributed by atoms with E-state index in [1.54, 1.807) is 11.9 Å². The number of nitrogens with one attached hydrogen (secondary N) is 1. The van der Waals surface area contributed by atoms with Crippen molar-refractivity contribution in [2.75, 3.05) is 12.4 Å². The largest absolute Gasteiger partial charge is 0.323 e. The zero-order valence-corrected chi connectivity index (χ0v) is 10.9. The summed E-state index contributed by atoms with van der Waals surface area (Å²) in [6.07, 6.45) is 0. The number of rotatable bonds is 0. The maximum Gasteiger partial charge on any atom is 0.321 e. The van der Waals surface area contributed by atoms with Gasteiger partial charge in [0, 0.05) is 20.7 Å². The number of para-hydroxylation sites is 1. The van der Waals surface area contributed by atoms with Crippen molar-refractivity contribution in [3.8, 4) is 0 Å². The number of urea groups is 1. The van der Waals surface area contributed by atoms with Gasteiger partial charge in [0.2, 0.25) is 0 Å². The lowest BCUT2D eigenvalue weighted by molar-refractivity contribution is 0.218. The summed E-state index contributed by atoms with van der Waals surface area (Å²) in [4.78, 5) is 12.8. The minimum atomic E-state index is -0.0336. The van der Waals surface area contributed by atoms with Crippen molar-refractivity contribution in [2.45, 2.75) is 34.2 Å². The third-order valence-electron chi connectivity index (χ3n) is 2.01. The Balaban J connectivity index is 0. The molecule has 2 amide bonds. The highest BCUT2D eigenvalue weighted by atomic mass is 16.2. The first kappa shape index (κ1) is 14.5. The van der Waals surface area contributed by atoms with Crippen LogP contribution in [0, 0.1) is 0 Å². The minimum absolute atomic E-state index is 0. The van der Waals surface area contributed by atoms with Gasteiger partial charge in [-0.1, -0.05) is 45.9 Å². The first-order valence-electron chi connectivity index (χ1n) is 5.87. The minimum Gasteiger partial charge on any atom is -0.323 e. The van der Waals surface area contributed by atoms with Gasteiger partial charge in [-0.2, -0.15) is 0 Å². The lowest BCUT2D eigenvalue weighted by Gasteiger charge is -2.25. The lowest BCUT2D eigenvalue weighted by Crippen LogP contribution is -2.35. The number of carbonyl (C=O) groups is 1. The second-order valence-corrected chi connectivity index (χ2v) is 2.94. The van der Waals surface area contributed by atoms with E-state index in [4.69, 9.17) is 0 Å². The lowest BCUT2D eigenvalue weighted by atomic mass is 10.1. The van der Waals surface area contributed by atoms with Gasteiger partial charge in [0.05, 0.1) is 0 Å². The normalized spacial score (nSPS) is 12.3. The average molecular weight is 224 g/mol. The summed E-state index contributed by atoms with van der Waals surface area (Å²) < 4.78 is 0. The summed E-state index contributed by atoms with van der Waals surface area (Å²) in [5, 5.41) is 2.80. The molecular formula is C13H24N2O. The Bertz CT molecular complexity index is 329. The molecule has 2 rings (SSSR count). The van der Waals surface area contributed by atoms with Gasteiger partial charge in [0.1, 0.15) is 0 Å². The summed E-state index contributed by atoms with van der Waals surface area (Å²) in [7, 11) is 1.78. The van der Waals surface area contributed by atoms with E-state index >= 15 is 0 Å². The topological polar surface area (TPSA) is 32.3 Å². The number of benzene rings is 1. The molecule has 0 bridgehead atoms. The van der Waals surface area contributed by atoms with Crippen LogP contribution in [0.25, 0.3) is 0 Å². The number of hydrogen-bond acceptors (Lipinski definition) is 1. The fourth-order valence-electron chi connectivity index (χ4n) is 1.32. The van der Waals surface area contributed by atoms with Crippen molar-refractivity contribution >= 4 is 11.7 Å². The fraction of sp³-hybridized carbons (Fsp3) is 0.462. The zero-order chi connectivity index (χ0) is 12.6. The predicted octanol–water partition coefficient (Wildman–Crippen LogP) is 3.96. The molecule has 16 heavy (non-hydrogen) atoms. The second-order valence-electron chi connectivity index (χ2n) is 2.94. The molecule has 1 aliphatic heterocycles. The Hall–Kier alpha value is -1.51. The quantitative estimate of drug-likeness (QED) is 0.710. The summed E-state index contributed by atoms with van der Waals surface area (Å²) >= 11 is 0. The molecule has 3 heteroatoms. The number of carbonyl (C=O) groups excluding carboxylic acids is 1. The van der Waals surface area contributed by atoms with Crippen molar-refractivity contribution < 1.29 is 6.22 Å². The SMILES string of the molecule is CC.CC.CN1Cc2ccccc2NC1=O.[HH]. The van der Waals surface area contributed by atoms with E-state index in [2.05, 4.69) is 5.32 Å². The highest BCUT2D eigenvalue weighted by Crippen LogP contribution is 2.21. The van der Waals surface area contributed by atoms with Gasteiger partial charge < -0.3 is 10.2 Å². The van der Waals surface area contributed by atoms with E-state index in [1.165, 1.54) is 5.56 Å². The van der Waals surface area contributed by atoms with Crippen LogP contribution < -0.4 is 5.32 Å². The standard InChI is InChI=1S/C9H10N2O.2C2H6.H2/c1-11-6-7-4-2-3-5-8(7)10-9(11)12;2*1-2;/h2-5H,6H2,1H3,(H,10,12);2*1-2H3;1H. The molecule has 0 aliphatic carbocycles. The van der Waals surface area contributed by atoms with Crippen molar-refractivity contribution in [2.24, 2.45) is 0 Å². The molecule has 0 saturated heterocycles. The fourth-order valence-corrected chi connectivity index (χ4v) is 1.32. The molecule has 0 radical (unpaired) electrons. The van der Waals surface area contributed by atoms with E-state index in [0.29, 0.717) is 6.54 Å². The molecule has 0 atom stereocenters. The molecule has 1 aliphatic rings. The van der Waals surface area contributed by atoms with Crippen molar-refractivity contribution in [1.82, 2.24) is 4.90 Å². The molecule has 0 fully saturated rings. The molecule has 1 heterocycles. The smallest absolute Gasteiger partial charge is 0.321 e. The number of amides is 2. The molecule has 1 aromatic rings. The van der Waals surface area contributed by atoms with Crippen molar-refractivity contribution in [3.05, 3.63) is 29.8 Å². The van der Waals surface area contributed by atoms with Gasteiger partial charge >= 0.3 is 6.03 Å². The summed E-state index contributed by atoms with van der Waals surface area (Å²) in [6, 6.07) is 7.80. The van der Waals surface area contributed by atoms with Gasteiger partial charge in [-0.3, -0.25) is 0 Å². The van der Waals surface area contributed by atoms with E-state index < -0.39 is 0 Å².